The molecule has 0 unspecified atom stereocenters. The third-order valence-corrected chi connectivity index (χ3v) is 4.20. The molecule has 0 fully saturated rings. The van der Waals surface area contributed by atoms with Crippen LogP contribution in [0.1, 0.15) is 16.1 Å². The number of carbonyl (C=O) groups excluding carboxylic acids is 1. The van der Waals surface area contributed by atoms with Gasteiger partial charge in [0.25, 0.3) is 5.91 Å². The van der Waals surface area contributed by atoms with E-state index in [1.54, 1.807) is 12.3 Å². The van der Waals surface area contributed by atoms with Crippen LogP contribution in [-0.2, 0) is 6.54 Å². The van der Waals surface area contributed by atoms with E-state index in [0.29, 0.717) is 6.54 Å². The van der Waals surface area contributed by atoms with Gasteiger partial charge in [0.1, 0.15) is 5.69 Å². The Morgan fingerprint density at radius 3 is 2.60 bits per heavy atom. The zero-order valence-corrected chi connectivity index (χ0v) is 13.2. The lowest BCUT2D eigenvalue weighted by Crippen LogP contribution is -2.01. The highest BCUT2D eigenvalue weighted by molar-refractivity contribution is 6.10. The summed E-state index contributed by atoms with van der Waals surface area (Å²) in [4.78, 5) is 18.6. The Bertz CT molecular complexity index is 1140. The van der Waals surface area contributed by atoms with Crippen LogP contribution in [0.5, 0.6) is 0 Å². The standard InChI is InChI=1S/C19H13N5O/c20-23-22-19(25)16-10-15-14-8-4-5-9-17(14)24(18(15)11-21-16)12-13-6-2-1-3-7-13/h1-11H,12H2. The number of benzene rings is 2. The van der Waals surface area contributed by atoms with E-state index in [1.165, 1.54) is 5.56 Å². The Kier molecular flexibility index (Phi) is 3.65. The SMILES string of the molecule is [N-]=[N+]=NC(=O)c1cc2c3ccccc3n(Cc3ccccc3)c2cn1. The smallest absolute Gasteiger partial charge is 0.267 e. The average Bonchev–Trinajstić information content (AvgIpc) is 2.96. The second kappa shape index (κ2) is 6.11. The molecule has 0 N–H and O–H groups in total. The number of nitrogens with zero attached hydrogens (tertiary/aromatic N) is 5. The van der Waals surface area contributed by atoms with Gasteiger partial charge in [-0.25, -0.2) is 0 Å². The molecule has 1 amide bonds. The van der Waals surface area contributed by atoms with Crippen LogP contribution in [-0.4, -0.2) is 15.5 Å². The van der Waals surface area contributed by atoms with Gasteiger partial charge in [-0.15, -0.1) is 0 Å². The zero-order valence-electron chi connectivity index (χ0n) is 13.2. The van der Waals surface area contributed by atoms with Crippen LogP contribution in [0.3, 0.4) is 0 Å². The highest BCUT2D eigenvalue weighted by Crippen LogP contribution is 2.29. The van der Waals surface area contributed by atoms with Crippen molar-refractivity contribution in [1.82, 2.24) is 9.55 Å². The highest BCUT2D eigenvalue weighted by Gasteiger charge is 2.14. The molecule has 0 saturated carbocycles. The Balaban J connectivity index is 1.95. The van der Waals surface area contributed by atoms with Gasteiger partial charge < -0.3 is 4.57 Å². The van der Waals surface area contributed by atoms with E-state index in [2.05, 4.69) is 31.7 Å². The summed E-state index contributed by atoms with van der Waals surface area (Å²) in [6.45, 7) is 0.705. The quantitative estimate of drug-likeness (QED) is 0.311. The summed E-state index contributed by atoms with van der Waals surface area (Å²) in [5, 5.41) is 5.08. The summed E-state index contributed by atoms with van der Waals surface area (Å²) in [5.74, 6) is -0.677. The van der Waals surface area contributed by atoms with E-state index >= 15 is 0 Å². The van der Waals surface area contributed by atoms with Crippen LogP contribution in [0.4, 0.5) is 0 Å². The van der Waals surface area contributed by atoms with E-state index < -0.39 is 5.91 Å². The summed E-state index contributed by atoms with van der Waals surface area (Å²) < 4.78 is 2.18. The van der Waals surface area contributed by atoms with Crippen LogP contribution in [0.15, 0.2) is 72.0 Å². The molecule has 0 spiro atoms. The van der Waals surface area contributed by atoms with Gasteiger partial charge in [-0.3, -0.25) is 9.78 Å². The van der Waals surface area contributed by atoms with Crippen LogP contribution in [0, 0.1) is 0 Å². The molecule has 0 radical (unpaired) electrons. The fraction of sp³-hybridized carbons (Fsp3) is 0.0526. The van der Waals surface area contributed by atoms with E-state index in [1.807, 2.05) is 42.5 Å². The second-order valence-electron chi connectivity index (χ2n) is 5.67. The molecule has 2 heterocycles. The first-order chi connectivity index (χ1) is 12.3. The number of rotatable bonds is 3. The summed E-state index contributed by atoms with van der Waals surface area (Å²) in [5.41, 5.74) is 11.8. The Morgan fingerprint density at radius 1 is 1.04 bits per heavy atom. The molecule has 4 rings (SSSR count). The molecule has 25 heavy (non-hydrogen) atoms. The monoisotopic (exact) mass is 327 g/mol. The summed E-state index contributed by atoms with van der Waals surface area (Å²) >= 11 is 0. The first-order valence-electron chi connectivity index (χ1n) is 7.78. The molecule has 0 aliphatic rings. The van der Waals surface area contributed by atoms with Gasteiger partial charge in [-0.05, 0) is 28.3 Å². The Labute approximate surface area is 143 Å². The van der Waals surface area contributed by atoms with Crippen molar-refractivity contribution in [2.75, 3.05) is 0 Å². The van der Waals surface area contributed by atoms with Crippen LogP contribution >= 0.6 is 0 Å². The van der Waals surface area contributed by atoms with Crippen molar-refractivity contribution in [1.29, 1.82) is 0 Å². The number of amides is 1. The van der Waals surface area contributed by atoms with E-state index in [9.17, 15) is 4.79 Å². The van der Waals surface area contributed by atoms with Gasteiger partial charge >= 0.3 is 0 Å². The minimum atomic E-state index is -0.677. The van der Waals surface area contributed by atoms with Gasteiger partial charge in [0.2, 0.25) is 0 Å². The zero-order chi connectivity index (χ0) is 17.2. The molecule has 2 aromatic heterocycles. The maximum absolute atomic E-state index is 11.8. The molecule has 0 aliphatic heterocycles. The molecule has 6 heteroatoms. The van der Waals surface area contributed by atoms with Crippen LogP contribution < -0.4 is 0 Å². The number of azide groups is 1. The van der Waals surface area contributed by atoms with E-state index in [4.69, 9.17) is 5.53 Å². The van der Waals surface area contributed by atoms with Gasteiger partial charge in [0, 0.05) is 27.7 Å². The Morgan fingerprint density at radius 2 is 1.80 bits per heavy atom. The molecular formula is C19H13N5O. The molecule has 0 atom stereocenters. The topological polar surface area (TPSA) is 83.7 Å². The van der Waals surface area contributed by atoms with Crippen molar-refractivity contribution in [2.24, 2.45) is 5.11 Å². The minimum absolute atomic E-state index is 0.146. The van der Waals surface area contributed by atoms with Crippen molar-refractivity contribution in [3.63, 3.8) is 0 Å². The molecule has 2 aromatic carbocycles. The van der Waals surface area contributed by atoms with Crippen LogP contribution in [0.25, 0.3) is 32.2 Å². The van der Waals surface area contributed by atoms with Crippen molar-refractivity contribution < 1.29 is 4.79 Å². The number of hydrogen-bond donors (Lipinski definition) is 0. The predicted molar refractivity (Wildman–Crippen MR) is 96.3 cm³/mol. The number of aromatic nitrogens is 2. The third-order valence-electron chi connectivity index (χ3n) is 4.20. The molecule has 4 aromatic rings. The minimum Gasteiger partial charge on any atom is -0.335 e. The van der Waals surface area contributed by atoms with Gasteiger partial charge in [-0.1, -0.05) is 48.5 Å². The highest BCUT2D eigenvalue weighted by atomic mass is 16.1. The number of carbonyl (C=O) groups is 1. The second-order valence-corrected chi connectivity index (χ2v) is 5.67. The predicted octanol–water partition coefficient (Wildman–Crippen LogP) is 4.69. The van der Waals surface area contributed by atoms with Gasteiger partial charge in [0.15, 0.2) is 0 Å². The molecule has 6 nitrogen and oxygen atoms in total. The number of hydrogen-bond acceptors (Lipinski definition) is 2. The first-order valence-corrected chi connectivity index (χ1v) is 7.78. The third kappa shape index (κ3) is 2.60. The first kappa shape index (κ1) is 14.9. The number of fused-ring (bicyclic) bond motifs is 3. The van der Waals surface area contributed by atoms with Crippen molar-refractivity contribution >= 4 is 27.7 Å². The lowest BCUT2D eigenvalue weighted by molar-refractivity contribution is 0.0996. The molecule has 0 aliphatic carbocycles. The van der Waals surface area contributed by atoms with Crippen molar-refractivity contribution in [3.05, 3.63) is 88.6 Å². The van der Waals surface area contributed by atoms with Gasteiger partial charge in [0.05, 0.1) is 11.7 Å². The largest absolute Gasteiger partial charge is 0.335 e. The number of pyridine rings is 1. The molecule has 0 saturated heterocycles. The normalized spacial score (nSPS) is 10.7. The maximum atomic E-state index is 11.8. The van der Waals surface area contributed by atoms with Crippen LogP contribution in [0.2, 0.25) is 0 Å². The van der Waals surface area contributed by atoms with E-state index in [0.717, 1.165) is 21.8 Å². The molecule has 120 valence electrons. The summed E-state index contributed by atoms with van der Waals surface area (Å²) in [6, 6.07) is 19.9. The average molecular weight is 327 g/mol. The Hall–Kier alpha value is -3.63. The fourth-order valence-corrected chi connectivity index (χ4v) is 3.09. The lowest BCUT2D eigenvalue weighted by Gasteiger charge is -2.07. The maximum Gasteiger partial charge on any atom is 0.267 e. The van der Waals surface area contributed by atoms with Crippen molar-refractivity contribution in [2.45, 2.75) is 6.54 Å². The molecule has 0 bridgehead atoms. The fourth-order valence-electron chi connectivity index (χ4n) is 3.09. The summed E-state index contributed by atoms with van der Waals surface area (Å²) in [7, 11) is 0. The summed E-state index contributed by atoms with van der Waals surface area (Å²) in [6.07, 6.45) is 1.67. The number of para-hydroxylation sites is 1. The van der Waals surface area contributed by atoms with E-state index in [-0.39, 0.29) is 5.69 Å². The van der Waals surface area contributed by atoms with Crippen molar-refractivity contribution in [3.8, 4) is 0 Å². The lowest BCUT2D eigenvalue weighted by atomic mass is 10.1. The van der Waals surface area contributed by atoms with Gasteiger partial charge in [-0.2, -0.15) is 0 Å². The molecular weight excluding hydrogens is 314 g/mol.